The number of ketones is 1. The van der Waals surface area contributed by atoms with Crippen molar-refractivity contribution in [1.82, 2.24) is 0 Å². The molecule has 0 aromatic heterocycles. The first-order valence-electron chi connectivity index (χ1n) is 5.53. The van der Waals surface area contributed by atoms with Crippen LogP contribution in [0.4, 0.5) is 4.39 Å². The van der Waals surface area contributed by atoms with Crippen molar-refractivity contribution in [1.29, 1.82) is 0 Å². The van der Waals surface area contributed by atoms with E-state index in [1.807, 2.05) is 6.07 Å². The van der Waals surface area contributed by atoms with Gasteiger partial charge in [0.2, 0.25) is 0 Å². The van der Waals surface area contributed by atoms with Crippen molar-refractivity contribution in [3.63, 3.8) is 0 Å². The molecule has 1 aromatic carbocycles. The molecule has 0 spiro atoms. The lowest BCUT2D eigenvalue weighted by Gasteiger charge is -2.02. The summed E-state index contributed by atoms with van der Waals surface area (Å²) in [6.45, 7) is 0. The standard InChI is InChI=1S/C13H15FO/c14-12-6-2-1-4-10(12)5-3-7-13(15)11-8-9-11/h1-2,4,6,11H,3,5,7-9H2. The number of hydrogen-bond donors (Lipinski definition) is 0. The van der Waals surface area contributed by atoms with Gasteiger partial charge in [0.15, 0.2) is 0 Å². The first-order valence-corrected chi connectivity index (χ1v) is 5.53. The van der Waals surface area contributed by atoms with Crippen LogP contribution in [0.25, 0.3) is 0 Å². The summed E-state index contributed by atoms with van der Waals surface area (Å²) < 4.78 is 13.2. The summed E-state index contributed by atoms with van der Waals surface area (Å²) in [5.41, 5.74) is 0.723. The Kier molecular flexibility index (Phi) is 3.14. The Bertz CT molecular complexity index is 355. The molecule has 1 saturated carbocycles. The van der Waals surface area contributed by atoms with Gasteiger partial charge in [-0.25, -0.2) is 4.39 Å². The summed E-state index contributed by atoms with van der Waals surface area (Å²) in [4.78, 5) is 11.4. The van der Waals surface area contributed by atoms with Gasteiger partial charge >= 0.3 is 0 Å². The van der Waals surface area contributed by atoms with Crippen LogP contribution >= 0.6 is 0 Å². The molecule has 1 fully saturated rings. The van der Waals surface area contributed by atoms with E-state index >= 15 is 0 Å². The summed E-state index contributed by atoms with van der Waals surface area (Å²) in [6, 6.07) is 6.78. The van der Waals surface area contributed by atoms with Gasteiger partial charge in [0.05, 0.1) is 0 Å². The molecular formula is C13H15FO. The molecule has 2 rings (SSSR count). The van der Waals surface area contributed by atoms with Crippen molar-refractivity contribution < 1.29 is 9.18 Å². The second-order valence-corrected chi connectivity index (χ2v) is 4.19. The highest BCUT2D eigenvalue weighted by atomic mass is 19.1. The third-order valence-corrected chi connectivity index (χ3v) is 2.86. The summed E-state index contributed by atoms with van der Waals surface area (Å²) in [7, 11) is 0. The van der Waals surface area contributed by atoms with E-state index in [1.54, 1.807) is 12.1 Å². The fourth-order valence-electron chi connectivity index (χ4n) is 1.76. The minimum absolute atomic E-state index is 0.156. The van der Waals surface area contributed by atoms with Crippen molar-refractivity contribution >= 4 is 5.78 Å². The van der Waals surface area contributed by atoms with E-state index in [0.717, 1.165) is 24.8 Å². The maximum absolute atomic E-state index is 13.2. The van der Waals surface area contributed by atoms with Crippen molar-refractivity contribution in [2.24, 2.45) is 5.92 Å². The number of halogens is 1. The highest BCUT2D eigenvalue weighted by Crippen LogP contribution is 2.31. The normalized spacial score (nSPS) is 15.3. The van der Waals surface area contributed by atoms with Gasteiger partial charge in [-0.3, -0.25) is 4.79 Å². The van der Waals surface area contributed by atoms with Gasteiger partial charge in [0.25, 0.3) is 0 Å². The lowest BCUT2D eigenvalue weighted by Crippen LogP contribution is -2.01. The van der Waals surface area contributed by atoms with Crippen LogP contribution in [0.3, 0.4) is 0 Å². The lowest BCUT2D eigenvalue weighted by atomic mass is 10.0. The van der Waals surface area contributed by atoms with Crippen LogP contribution < -0.4 is 0 Å². The third kappa shape index (κ3) is 2.88. The molecule has 0 aliphatic heterocycles. The monoisotopic (exact) mass is 206 g/mol. The molecule has 0 amide bonds. The molecule has 1 aromatic rings. The second kappa shape index (κ2) is 4.56. The SMILES string of the molecule is O=C(CCCc1ccccc1F)C1CC1. The zero-order valence-corrected chi connectivity index (χ0v) is 8.71. The van der Waals surface area contributed by atoms with E-state index in [4.69, 9.17) is 0 Å². The second-order valence-electron chi connectivity index (χ2n) is 4.19. The molecule has 1 aliphatic rings. The fourth-order valence-corrected chi connectivity index (χ4v) is 1.76. The first kappa shape index (κ1) is 10.3. The van der Waals surface area contributed by atoms with Gasteiger partial charge in [-0.1, -0.05) is 18.2 Å². The summed E-state index contributed by atoms with van der Waals surface area (Å²) >= 11 is 0. The van der Waals surface area contributed by atoms with Crippen molar-refractivity contribution in [3.8, 4) is 0 Å². The molecule has 0 saturated heterocycles. The van der Waals surface area contributed by atoms with E-state index in [0.29, 0.717) is 24.5 Å². The predicted molar refractivity (Wildman–Crippen MR) is 57.1 cm³/mol. The number of benzene rings is 1. The van der Waals surface area contributed by atoms with Crippen LogP contribution in [0.15, 0.2) is 24.3 Å². The molecule has 0 radical (unpaired) electrons. The topological polar surface area (TPSA) is 17.1 Å². The third-order valence-electron chi connectivity index (χ3n) is 2.86. The average molecular weight is 206 g/mol. The Balaban J connectivity index is 1.78. The zero-order valence-electron chi connectivity index (χ0n) is 8.71. The van der Waals surface area contributed by atoms with Gasteiger partial charge in [-0.05, 0) is 37.3 Å². The molecule has 0 N–H and O–H groups in total. The average Bonchev–Trinajstić information content (AvgIpc) is 3.04. The van der Waals surface area contributed by atoms with E-state index < -0.39 is 0 Å². The van der Waals surface area contributed by atoms with Crippen LogP contribution in [0, 0.1) is 11.7 Å². The molecule has 80 valence electrons. The Morgan fingerprint density at radius 3 is 2.73 bits per heavy atom. The number of Topliss-reactive ketones (excluding diaryl/α,β-unsaturated/α-hetero) is 1. The maximum atomic E-state index is 13.2. The van der Waals surface area contributed by atoms with Crippen LogP contribution in [0.1, 0.15) is 31.2 Å². The van der Waals surface area contributed by atoms with Crippen LogP contribution in [-0.2, 0) is 11.2 Å². The summed E-state index contributed by atoms with van der Waals surface area (Å²) in [6.07, 6.45) is 4.19. The smallest absolute Gasteiger partial charge is 0.135 e. The highest BCUT2D eigenvalue weighted by Gasteiger charge is 2.28. The zero-order chi connectivity index (χ0) is 10.7. The van der Waals surface area contributed by atoms with Crippen LogP contribution in [0.2, 0.25) is 0 Å². The van der Waals surface area contributed by atoms with Crippen LogP contribution in [-0.4, -0.2) is 5.78 Å². The van der Waals surface area contributed by atoms with Gasteiger partial charge in [0, 0.05) is 12.3 Å². The van der Waals surface area contributed by atoms with Crippen molar-refractivity contribution in [2.75, 3.05) is 0 Å². The van der Waals surface area contributed by atoms with E-state index in [1.165, 1.54) is 6.07 Å². The first-order chi connectivity index (χ1) is 7.27. The Morgan fingerprint density at radius 1 is 1.33 bits per heavy atom. The van der Waals surface area contributed by atoms with Crippen LogP contribution in [0.5, 0.6) is 0 Å². The Labute approximate surface area is 89.3 Å². The number of aryl methyl sites for hydroxylation is 1. The summed E-state index contributed by atoms with van der Waals surface area (Å²) in [5.74, 6) is 0.549. The molecule has 1 aliphatic carbocycles. The van der Waals surface area contributed by atoms with Crippen molar-refractivity contribution in [3.05, 3.63) is 35.6 Å². The van der Waals surface area contributed by atoms with Crippen molar-refractivity contribution in [2.45, 2.75) is 32.1 Å². The minimum Gasteiger partial charge on any atom is -0.299 e. The molecular weight excluding hydrogens is 191 g/mol. The number of carbonyl (C=O) groups excluding carboxylic acids is 1. The number of rotatable bonds is 5. The Morgan fingerprint density at radius 2 is 2.07 bits per heavy atom. The molecule has 15 heavy (non-hydrogen) atoms. The summed E-state index contributed by atoms with van der Waals surface area (Å²) in [5, 5.41) is 0. The molecule has 1 nitrogen and oxygen atoms in total. The highest BCUT2D eigenvalue weighted by molar-refractivity contribution is 5.83. The fraction of sp³-hybridized carbons (Fsp3) is 0.462. The van der Waals surface area contributed by atoms with Gasteiger partial charge in [-0.2, -0.15) is 0 Å². The quantitative estimate of drug-likeness (QED) is 0.723. The largest absolute Gasteiger partial charge is 0.299 e. The van der Waals surface area contributed by atoms with Gasteiger partial charge in [0.1, 0.15) is 11.6 Å². The molecule has 0 unspecified atom stereocenters. The lowest BCUT2D eigenvalue weighted by molar-refractivity contribution is -0.120. The Hall–Kier alpha value is -1.18. The number of hydrogen-bond acceptors (Lipinski definition) is 1. The molecule has 2 heteroatoms. The molecule has 0 atom stereocenters. The van der Waals surface area contributed by atoms with E-state index in [-0.39, 0.29) is 5.82 Å². The molecule has 0 bridgehead atoms. The molecule has 0 heterocycles. The van der Waals surface area contributed by atoms with Gasteiger partial charge < -0.3 is 0 Å². The van der Waals surface area contributed by atoms with E-state index in [9.17, 15) is 9.18 Å². The number of carbonyl (C=O) groups is 1. The predicted octanol–water partition coefficient (Wildman–Crippen LogP) is 3.13. The maximum Gasteiger partial charge on any atom is 0.135 e. The van der Waals surface area contributed by atoms with Gasteiger partial charge in [-0.15, -0.1) is 0 Å². The minimum atomic E-state index is -0.156. The van der Waals surface area contributed by atoms with E-state index in [2.05, 4.69) is 0 Å².